The monoisotopic (exact) mass is 386 g/mol. The molecule has 0 bridgehead atoms. The molecule has 6 nitrogen and oxygen atoms in total. The number of hydrogen-bond acceptors (Lipinski definition) is 5. The molecule has 7 heteroatoms. The number of hydrogen-bond donors (Lipinski definition) is 2. The van der Waals surface area contributed by atoms with Gasteiger partial charge in [0.05, 0.1) is 6.54 Å². The van der Waals surface area contributed by atoms with Crippen LogP contribution in [0.1, 0.15) is 15.4 Å². The molecule has 3 rings (SSSR count). The standard InChI is InChI=1S/C20H30N6S/c1-17-14-23-19(27-17)15-24-20(21-2)22-8-9-25-10-12-26(13-11-25)16-18-6-4-3-5-7-18/h3-7,14H,8-13,15-16H2,1-2H3,(H2,21,22,24). The van der Waals surface area contributed by atoms with Gasteiger partial charge in [-0.1, -0.05) is 30.3 Å². The molecule has 1 aromatic heterocycles. The largest absolute Gasteiger partial charge is 0.355 e. The fourth-order valence-corrected chi connectivity index (χ4v) is 3.93. The Balaban J connectivity index is 1.31. The molecule has 0 spiro atoms. The van der Waals surface area contributed by atoms with Gasteiger partial charge < -0.3 is 10.6 Å². The van der Waals surface area contributed by atoms with Crippen molar-refractivity contribution in [2.75, 3.05) is 46.3 Å². The number of aromatic nitrogens is 1. The number of guanidine groups is 1. The van der Waals surface area contributed by atoms with Crippen molar-refractivity contribution in [3.63, 3.8) is 0 Å². The molecule has 0 amide bonds. The highest BCUT2D eigenvalue weighted by Crippen LogP contribution is 2.10. The number of piperazine rings is 1. The summed E-state index contributed by atoms with van der Waals surface area (Å²) < 4.78 is 0. The Kier molecular flexibility index (Phi) is 7.62. The second-order valence-corrected chi connectivity index (χ2v) is 8.14. The molecule has 0 radical (unpaired) electrons. The van der Waals surface area contributed by atoms with Gasteiger partial charge in [0.15, 0.2) is 5.96 Å². The second-order valence-electron chi connectivity index (χ2n) is 6.82. The van der Waals surface area contributed by atoms with Gasteiger partial charge in [0.1, 0.15) is 5.01 Å². The predicted octanol–water partition coefficient (Wildman–Crippen LogP) is 1.93. The first-order valence-electron chi connectivity index (χ1n) is 9.57. The van der Waals surface area contributed by atoms with E-state index in [1.54, 1.807) is 11.3 Å². The summed E-state index contributed by atoms with van der Waals surface area (Å²) in [5, 5.41) is 7.82. The highest BCUT2D eigenvalue weighted by atomic mass is 32.1. The van der Waals surface area contributed by atoms with E-state index in [-0.39, 0.29) is 0 Å². The van der Waals surface area contributed by atoms with Crippen LogP contribution in [-0.4, -0.2) is 67.1 Å². The number of nitrogens with zero attached hydrogens (tertiary/aromatic N) is 4. The van der Waals surface area contributed by atoms with Gasteiger partial charge in [0.2, 0.25) is 0 Å². The van der Waals surface area contributed by atoms with Crippen LogP contribution < -0.4 is 10.6 Å². The van der Waals surface area contributed by atoms with Gasteiger partial charge in [0.25, 0.3) is 0 Å². The SMILES string of the molecule is CN=C(NCCN1CCN(Cc2ccccc2)CC1)NCc1ncc(C)s1. The first kappa shape index (κ1) is 19.8. The van der Waals surface area contributed by atoms with Gasteiger partial charge in [-0.25, -0.2) is 4.98 Å². The minimum Gasteiger partial charge on any atom is -0.355 e. The molecule has 2 N–H and O–H groups in total. The van der Waals surface area contributed by atoms with E-state index in [2.05, 4.69) is 67.7 Å². The molecular formula is C20H30N6S. The Hall–Kier alpha value is -1.96. The van der Waals surface area contributed by atoms with E-state index in [0.29, 0.717) is 0 Å². The maximum atomic E-state index is 4.37. The van der Waals surface area contributed by atoms with Crippen LogP contribution in [-0.2, 0) is 13.1 Å². The van der Waals surface area contributed by atoms with Gasteiger partial charge in [-0.2, -0.15) is 0 Å². The fraction of sp³-hybridized carbons (Fsp3) is 0.500. The van der Waals surface area contributed by atoms with Crippen LogP contribution in [0.15, 0.2) is 41.5 Å². The van der Waals surface area contributed by atoms with E-state index in [4.69, 9.17) is 0 Å². The molecule has 2 heterocycles. The third-order valence-corrected chi connectivity index (χ3v) is 5.65. The van der Waals surface area contributed by atoms with Crippen LogP contribution in [0.2, 0.25) is 0 Å². The van der Waals surface area contributed by atoms with Gasteiger partial charge in [-0.15, -0.1) is 11.3 Å². The highest BCUT2D eigenvalue weighted by molar-refractivity contribution is 7.11. The Labute approximate surface area is 166 Å². The van der Waals surface area contributed by atoms with Crippen LogP contribution in [0.25, 0.3) is 0 Å². The zero-order valence-electron chi connectivity index (χ0n) is 16.3. The van der Waals surface area contributed by atoms with E-state index in [0.717, 1.165) is 63.3 Å². The number of aliphatic imine (C=N–C) groups is 1. The third-order valence-electron chi connectivity index (χ3n) is 4.73. The van der Waals surface area contributed by atoms with Gasteiger partial charge in [-0.05, 0) is 12.5 Å². The lowest BCUT2D eigenvalue weighted by Gasteiger charge is -2.34. The summed E-state index contributed by atoms with van der Waals surface area (Å²) in [5.41, 5.74) is 1.40. The van der Waals surface area contributed by atoms with Crippen molar-refractivity contribution in [1.82, 2.24) is 25.4 Å². The molecule has 1 aliphatic rings. The van der Waals surface area contributed by atoms with E-state index in [1.165, 1.54) is 10.4 Å². The van der Waals surface area contributed by atoms with Crippen molar-refractivity contribution in [2.24, 2.45) is 4.99 Å². The molecule has 1 aliphatic heterocycles. The van der Waals surface area contributed by atoms with Crippen molar-refractivity contribution >= 4 is 17.3 Å². The Morgan fingerprint density at radius 1 is 1.11 bits per heavy atom. The maximum absolute atomic E-state index is 4.37. The summed E-state index contributed by atoms with van der Waals surface area (Å²) >= 11 is 1.72. The average molecular weight is 387 g/mol. The summed E-state index contributed by atoms with van der Waals surface area (Å²) in [6.45, 7) is 10.3. The molecule has 0 saturated carbocycles. The molecule has 1 fully saturated rings. The van der Waals surface area contributed by atoms with Gasteiger partial charge in [0, 0.05) is 63.9 Å². The zero-order valence-corrected chi connectivity index (χ0v) is 17.1. The molecule has 0 unspecified atom stereocenters. The van der Waals surface area contributed by atoms with Crippen molar-refractivity contribution < 1.29 is 0 Å². The Bertz CT molecular complexity index is 706. The van der Waals surface area contributed by atoms with Crippen molar-refractivity contribution in [2.45, 2.75) is 20.0 Å². The summed E-state index contributed by atoms with van der Waals surface area (Å²) in [6, 6.07) is 10.7. The summed E-state index contributed by atoms with van der Waals surface area (Å²) in [4.78, 5) is 15.0. The van der Waals surface area contributed by atoms with Crippen molar-refractivity contribution in [3.8, 4) is 0 Å². The summed E-state index contributed by atoms with van der Waals surface area (Å²) in [5.74, 6) is 0.838. The number of thiazole rings is 1. The maximum Gasteiger partial charge on any atom is 0.191 e. The smallest absolute Gasteiger partial charge is 0.191 e. The lowest BCUT2D eigenvalue weighted by Crippen LogP contribution is -2.48. The Morgan fingerprint density at radius 2 is 1.85 bits per heavy atom. The highest BCUT2D eigenvalue weighted by Gasteiger charge is 2.16. The first-order chi connectivity index (χ1) is 13.2. The van der Waals surface area contributed by atoms with E-state index < -0.39 is 0 Å². The van der Waals surface area contributed by atoms with E-state index >= 15 is 0 Å². The minimum atomic E-state index is 0.719. The number of aryl methyl sites for hydroxylation is 1. The van der Waals surface area contributed by atoms with Crippen LogP contribution in [0.5, 0.6) is 0 Å². The summed E-state index contributed by atoms with van der Waals surface area (Å²) in [6.07, 6.45) is 1.91. The van der Waals surface area contributed by atoms with E-state index in [1.807, 2.05) is 13.2 Å². The topological polar surface area (TPSA) is 55.8 Å². The van der Waals surface area contributed by atoms with E-state index in [9.17, 15) is 0 Å². The van der Waals surface area contributed by atoms with Crippen molar-refractivity contribution in [1.29, 1.82) is 0 Å². The molecule has 146 valence electrons. The van der Waals surface area contributed by atoms with Crippen LogP contribution in [0, 0.1) is 6.92 Å². The molecule has 1 aromatic carbocycles. The first-order valence-corrected chi connectivity index (χ1v) is 10.4. The summed E-state index contributed by atoms with van der Waals surface area (Å²) in [7, 11) is 1.81. The predicted molar refractivity (Wildman–Crippen MR) is 113 cm³/mol. The van der Waals surface area contributed by atoms with Crippen molar-refractivity contribution in [3.05, 3.63) is 52.0 Å². The molecule has 2 aromatic rings. The second kappa shape index (κ2) is 10.4. The average Bonchev–Trinajstić information content (AvgIpc) is 3.12. The van der Waals surface area contributed by atoms with Crippen LogP contribution in [0.4, 0.5) is 0 Å². The molecular weight excluding hydrogens is 356 g/mol. The Morgan fingerprint density at radius 3 is 2.52 bits per heavy atom. The van der Waals surface area contributed by atoms with Crippen LogP contribution in [0.3, 0.4) is 0 Å². The minimum absolute atomic E-state index is 0.719. The third kappa shape index (κ3) is 6.61. The molecule has 0 atom stereocenters. The van der Waals surface area contributed by atoms with Crippen LogP contribution >= 0.6 is 11.3 Å². The lowest BCUT2D eigenvalue weighted by atomic mass is 10.2. The lowest BCUT2D eigenvalue weighted by molar-refractivity contribution is 0.129. The van der Waals surface area contributed by atoms with Gasteiger partial charge >= 0.3 is 0 Å². The van der Waals surface area contributed by atoms with Gasteiger partial charge in [-0.3, -0.25) is 14.8 Å². The fourth-order valence-electron chi connectivity index (χ4n) is 3.21. The molecule has 0 aliphatic carbocycles. The molecule has 27 heavy (non-hydrogen) atoms. The quantitative estimate of drug-likeness (QED) is 0.563. The normalized spacial score (nSPS) is 16.4. The zero-order chi connectivity index (χ0) is 18.9. The number of nitrogens with one attached hydrogen (secondary N) is 2. The number of rotatable bonds is 7. The number of benzene rings is 1. The molecule has 1 saturated heterocycles.